The van der Waals surface area contributed by atoms with Crippen molar-refractivity contribution in [2.24, 2.45) is 0 Å². The summed E-state index contributed by atoms with van der Waals surface area (Å²) < 4.78 is 23.9. The van der Waals surface area contributed by atoms with Crippen LogP contribution in [0.2, 0.25) is 0 Å². The molecule has 1 N–H and O–H groups in total. The molecule has 0 saturated carbocycles. The average molecular weight is 401 g/mol. The summed E-state index contributed by atoms with van der Waals surface area (Å²) in [6.07, 6.45) is 0. The molecule has 144 valence electrons. The largest absolute Gasteiger partial charge is 0.454 e. The monoisotopic (exact) mass is 401 g/mol. The number of hydrogen-bond acceptors (Lipinski definition) is 6. The van der Waals surface area contributed by atoms with Gasteiger partial charge in [0.05, 0.1) is 23.6 Å². The van der Waals surface area contributed by atoms with Crippen molar-refractivity contribution in [2.45, 2.75) is 6.54 Å². The Morgan fingerprint density at radius 3 is 2.54 bits per heavy atom. The van der Waals surface area contributed by atoms with Crippen LogP contribution >= 0.6 is 11.8 Å². The minimum atomic E-state index is -0.449. The van der Waals surface area contributed by atoms with Crippen LogP contribution in [0.4, 0.5) is 4.39 Å². The minimum Gasteiger partial charge on any atom is -0.454 e. The smallest absolute Gasteiger partial charge is 0.268 e. The van der Waals surface area contributed by atoms with Crippen molar-refractivity contribution in [3.63, 3.8) is 0 Å². The molecule has 6 nitrogen and oxygen atoms in total. The number of aliphatic hydroxyl groups is 1. The summed E-state index contributed by atoms with van der Waals surface area (Å²) in [4.78, 5) is 27.4. The zero-order valence-electron chi connectivity index (χ0n) is 14.7. The molecule has 2 aromatic rings. The van der Waals surface area contributed by atoms with Crippen molar-refractivity contribution >= 4 is 29.1 Å². The van der Waals surface area contributed by atoms with Crippen LogP contribution in [0.1, 0.15) is 11.1 Å². The summed E-state index contributed by atoms with van der Waals surface area (Å²) in [5.74, 6) is 0.153. The number of benzene rings is 2. The number of imide groups is 1. The standard InChI is InChI=1S/C20H16FNO5S/c21-14-4-2-13(3-5-14)17-18(28-8-7-23)20(25)22(19(17)24)10-12-1-6-15-16(9-12)27-11-26-15/h1-6,9,23H,7-8,10-11H2. The molecular formula is C20H16FNO5S. The number of thioether (sulfide) groups is 1. The molecule has 2 heterocycles. The van der Waals surface area contributed by atoms with Crippen LogP contribution < -0.4 is 9.47 Å². The Balaban J connectivity index is 1.64. The molecule has 0 unspecified atom stereocenters. The van der Waals surface area contributed by atoms with Gasteiger partial charge in [0.25, 0.3) is 11.8 Å². The third kappa shape index (κ3) is 3.36. The van der Waals surface area contributed by atoms with Gasteiger partial charge in [-0.3, -0.25) is 14.5 Å². The van der Waals surface area contributed by atoms with E-state index in [0.717, 1.165) is 22.2 Å². The molecule has 0 atom stereocenters. The highest BCUT2D eigenvalue weighted by atomic mass is 32.2. The van der Waals surface area contributed by atoms with Crippen molar-refractivity contribution < 1.29 is 28.6 Å². The Morgan fingerprint density at radius 1 is 1.04 bits per heavy atom. The number of nitrogens with zero attached hydrogens (tertiary/aromatic N) is 1. The maximum atomic E-state index is 13.3. The maximum absolute atomic E-state index is 13.3. The molecule has 2 aliphatic rings. The fourth-order valence-corrected chi connectivity index (χ4v) is 3.95. The van der Waals surface area contributed by atoms with Crippen molar-refractivity contribution in [1.82, 2.24) is 4.90 Å². The molecule has 28 heavy (non-hydrogen) atoms. The highest BCUT2D eigenvalue weighted by Crippen LogP contribution is 2.38. The molecular weight excluding hydrogens is 385 g/mol. The number of amides is 2. The number of aliphatic hydroxyl groups excluding tert-OH is 1. The molecule has 0 spiro atoms. The summed E-state index contributed by atoms with van der Waals surface area (Å²) >= 11 is 1.12. The van der Waals surface area contributed by atoms with E-state index >= 15 is 0 Å². The molecule has 2 amide bonds. The number of ether oxygens (including phenoxy) is 2. The third-order valence-electron chi connectivity index (χ3n) is 4.37. The highest BCUT2D eigenvalue weighted by Gasteiger charge is 2.39. The molecule has 0 bridgehead atoms. The van der Waals surface area contributed by atoms with Crippen LogP contribution in [-0.2, 0) is 16.1 Å². The van der Waals surface area contributed by atoms with Gasteiger partial charge in [-0.2, -0.15) is 0 Å². The lowest BCUT2D eigenvalue weighted by Gasteiger charge is -2.15. The fourth-order valence-electron chi connectivity index (χ4n) is 3.07. The highest BCUT2D eigenvalue weighted by molar-refractivity contribution is 8.04. The van der Waals surface area contributed by atoms with Crippen molar-refractivity contribution in [2.75, 3.05) is 19.2 Å². The first-order valence-corrected chi connectivity index (χ1v) is 9.55. The van der Waals surface area contributed by atoms with E-state index in [4.69, 9.17) is 14.6 Å². The first kappa shape index (κ1) is 18.5. The number of fused-ring (bicyclic) bond motifs is 1. The second kappa shape index (κ2) is 7.65. The molecule has 8 heteroatoms. The first-order chi connectivity index (χ1) is 13.6. The Hall–Kier alpha value is -2.84. The lowest BCUT2D eigenvalue weighted by molar-refractivity contribution is -0.137. The summed E-state index contributed by atoms with van der Waals surface area (Å²) in [5, 5.41) is 9.13. The summed E-state index contributed by atoms with van der Waals surface area (Å²) in [5.41, 5.74) is 1.41. The fraction of sp³-hybridized carbons (Fsp3) is 0.200. The van der Waals surface area contributed by atoms with Gasteiger partial charge in [0.15, 0.2) is 11.5 Å². The van der Waals surface area contributed by atoms with Crippen LogP contribution in [0.3, 0.4) is 0 Å². The molecule has 2 aromatic carbocycles. The van der Waals surface area contributed by atoms with E-state index in [1.165, 1.54) is 24.3 Å². The van der Waals surface area contributed by atoms with Gasteiger partial charge in [-0.05, 0) is 35.4 Å². The normalized spacial score (nSPS) is 15.7. The maximum Gasteiger partial charge on any atom is 0.268 e. The van der Waals surface area contributed by atoms with E-state index < -0.39 is 17.6 Å². The molecule has 4 rings (SSSR count). The van der Waals surface area contributed by atoms with Crippen LogP contribution in [0.25, 0.3) is 5.57 Å². The van der Waals surface area contributed by atoms with Gasteiger partial charge in [-0.15, -0.1) is 11.8 Å². The van der Waals surface area contributed by atoms with Crippen molar-refractivity contribution in [1.29, 1.82) is 0 Å². The molecule has 0 aromatic heterocycles. The number of hydrogen-bond donors (Lipinski definition) is 1. The van der Waals surface area contributed by atoms with E-state index in [-0.39, 0.29) is 36.2 Å². The summed E-state index contributed by atoms with van der Waals surface area (Å²) in [6, 6.07) is 10.7. The summed E-state index contributed by atoms with van der Waals surface area (Å²) in [7, 11) is 0. The SMILES string of the molecule is O=C1C(SCCO)=C(c2ccc(F)cc2)C(=O)N1Cc1ccc2c(c1)OCO2. The van der Waals surface area contributed by atoms with E-state index in [0.29, 0.717) is 17.1 Å². The van der Waals surface area contributed by atoms with E-state index in [9.17, 15) is 14.0 Å². The van der Waals surface area contributed by atoms with Gasteiger partial charge in [-0.25, -0.2) is 4.39 Å². The number of halogens is 1. The Kier molecular flexibility index (Phi) is 5.06. The van der Waals surface area contributed by atoms with Gasteiger partial charge in [0.1, 0.15) is 5.82 Å². The molecule has 2 aliphatic heterocycles. The minimum absolute atomic E-state index is 0.0716. The van der Waals surface area contributed by atoms with Gasteiger partial charge < -0.3 is 14.6 Å². The number of rotatable bonds is 6. The topological polar surface area (TPSA) is 76.1 Å². The third-order valence-corrected chi connectivity index (χ3v) is 5.43. The Labute approximate surface area is 164 Å². The van der Waals surface area contributed by atoms with Crippen LogP contribution in [-0.4, -0.2) is 41.0 Å². The quantitative estimate of drug-likeness (QED) is 0.750. The van der Waals surface area contributed by atoms with E-state index in [1.807, 2.05) is 0 Å². The van der Waals surface area contributed by atoms with Crippen molar-refractivity contribution in [3.8, 4) is 11.5 Å². The predicted molar refractivity (Wildman–Crippen MR) is 101 cm³/mol. The Bertz CT molecular complexity index is 973. The zero-order chi connectivity index (χ0) is 19.7. The van der Waals surface area contributed by atoms with Gasteiger partial charge in [0.2, 0.25) is 6.79 Å². The van der Waals surface area contributed by atoms with Gasteiger partial charge in [0, 0.05) is 5.75 Å². The molecule has 0 radical (unpaired) electrons. The van der Waals surface area contributed by atoms with Crippen LogP contribution in [0.15, 0.2) is 47.4 Å². The second-order valence-electron chi connectivity index (χ2n) is 6.17. The summed E-state index contributed by atoms with van der Waals surface area (Å²) in [6.45, 7) is 0.0786. The van der Waals surface area contributed by atoms with E-state index in [2.05, 4.69) is 0 Å². The molecule has 0 aliphatic carbocycles. The van der Waals surface area contributed by atoms with Gasteiger partial charge in [-0.1, -0.05) is 18.2 Å². The van der Waals surface area contributed by atoms with Crippen LogP contribution in [0.5, 0.6) is 11.5 Å². The van der Waals surface area contributed by atoms with Crippen molar-refractivity contribution in [3.05, 3.63) is 64.3 Å². The number of carbonyl (C=O) groups is 2. The predicted octanol–water partition coefficient (Wildman–Crippen LogP) is 2.56. The van der Waals surface area contributed by atoms with Crippen LogP contribution in [0, 0.1) is 5.82 Å². The van der Waals surface area contributed by atoms with Gasteiger partial charge >= 0.3 is 0 Å². The average Bonchev–Trinajstić information content (AvgIpc) is 3.25. The Morgan fingerprint density at radius 2 is 1.79 bits per heavy atom. The zero-order valence-corrected chi connectivity index (χ0v) is 15.5. The molecule has 0 saturated heterocycles. The van der Waals surface area contributed by atoms with E-state index in [1.54, 1.807) is 18.2 Å². The number of carbonyl (C=O) groups excluding carboxylic acids is 2. The second-order valence-corrected chi connectivity index (χ2v) is 7.27. The molecule has 0 fully saturated rings. The lowest BCUT2D eigenvalue weighted by Crippen LogP contribution is -2.31. The first-order valence-electron chi connectivity index (χ1n) is 8.57. The lowest BCUT2D eigenvalue weighted by atomic mass is 10.1.